The summed E-state index contributed by atoms with van der Waals surface area (Å²) < 4.78 is 7.99. The molecule has 0 bridgehead atoms. The maximum atomic E-state index is 12.0. The molecule has 0 spiro atoms. The molecule has 140 valence electrons. The molecule has 8 heteroatoms. The molecule has 2 atom stereocenters. The third-order valence-corrected chi connectivity index (χ3v) is 6.08. The molecule has 1 aliphatic carbocycles. The molecule has 5 nitrogen and oxygen atoms in total. The number of benzene rings is 1. The summed E-state index contributed by atoms with van der Waals surface area (Å²) in [4.78, 5) is 16.8. The van der Waals surface area contributed by atoms with Gasteiger partial charge in [-0.15, -0.1) is 11.3 Å². The lowest BCUT2D eigenvalue weighted by atomic mass is 9.80. The van der Waals surface area contributed by atoms with E-state index in [0.717, 1.165) is 22.0 Å². The quantitative estimate of drug-likeness (QED) is 0.637. The third kappa shape index (κ3) is 3.47. The van der Waals surface area contributed by atoms with E-state index in [1.807, 2.05) is 47.9 Å². The van der Waals surface area contributed by atoms with Crippen LogP contribution in [0.5, 0.6) is 5.75 Å². The van der Waals surface area contributed by atoms with Gasteiger partial charge in [-0.3, -0.25) is 9.36 Å². The predicted molar refractivity (Wildman–Crippen MR) is 113 cm³/mol. The molecule has 2 radical (unpaired) electrons. The maximum Gasteiger partial charge on any atom is 0.262 e. The van der Waals surface area contributed by atoms with Gasteiger partial charge in [0.2, 0.25) is 0 Å². The van der Waals surface area contributed by atoms with Crippen LogP contribution in [0.2, 0.25) is 10.8 Å². The minimum absolute atomic E-state index is 0.0317. The molecule has 28 heavy (non-hydrogen) atoms. The smallest absolute Gasteiger partial charge is 0.262 e. The Balaban J connectivity index is 1.69. The number of halogens is 1. The number of ether oxygens (including phenoxy) is 1. The van der Waals surface area contributed by atoms with Crippen molar-refractivity contribution in [1.82, 2.24) is 9.55 Å². The summed E-state index contributed by atoms with van der Waals surface area (Å²) in [7, 11) is 5.96. The SMILES string of the molecule is [B]C1C=Cc2c(ncn2-c2cc(O[C@H](C)c3ccccc3Cl)c(C(N)=O)s2)C1. The average molecular weight is 410 g/mol. The number of rotatable bonds is 5. The first-order valence-corrected chi connectivity index (χ1v) is 9.98. The Bertz CT molecular complexity index is 1080. The second kappa shape index (κ2) is 7.49. The Labute approximate surface area is 173 Å². The Morgan fingerprint density at radius 1 is 1.46 bits per heavy atom. The number of hydrogen-bond acceptors (Lipinski definition) is 4. The van der Waals surface area contributed by atoms with Crippen LogP contribution in [0, 0.1) is 0 Å². The monoisotopic (exact) mass is 409 g/mol. The van der Waals surface area contributed by atoms with Crippen LogP contribution in [0.15, 0.2) is 42.7 Å². The van der Waals surface area contributed by atoms with E-state index in [1.165, 1.54) is 11.3 Å². The lowest BCUT2D eigenvalue weighted by molar-refractivity contribution is 0.0998. The molecule has 2 aromatic heterocycles. The van der Waals surface area contributed by atoms with E-state index in [0.29, 0.717) is 22.1 Å². The van der Waals surface area contributed by atoms with Gasteiger partial charge < -0.3 is 10.5 Å². The second-order valence-corrected chi connectivity index (χ2v) is 8.04. The van der Waals surface area contributed by atoms with Crippen molar-refractivity contribution in [2.75, 3.05) is 0 Å². The van der Waals surface area contributed by atoms with E-state index in [1.54, 1.807) is 12.4 Å². The molecule has 0 fully saturated rings. The fourth-order valence-electron chi connectivity index (χ4n) is 3.21. The van der Waals surface area contributed by atoms with E-state index in [4.69, 9.17) is 29.9 Å². The zero-order valence-corrected chi connectivity index (χ0v) is 16.7. The Kier molecular flexibility index (Phi) is 5.04. The number of nitrogens with two attached hydrogens (primary N) is 1. The first-order valence-electron chi connectivity index (χ1n) is 8.79. The molecular weight excluding hydrogens is 393 g/mol. The molecule has 2 heterocycles. The number of fused-ring (bicyclic) bond motifs is 1. The number of thiophene rings is 1. The molecule has 0 saturated carbocycles. The summed E-state index contributed by atoms with van der Waals surface area (Å²) in [6.07, 6.45) is 5.96. The Hall–Kier alpha value is -2.51. The summed E-state index contributed by atoms with van der Waals surface area (Å²) >= 11 is 7.53. The van der Waals surface area contributed by atoms with E-state index in [9.17, 15) is 4.79 Å². The lowest BCUT2D eigenvalue weighted by Crippen LogP contribution is -2.12. The van der Waals surface area contributed by atoms with Crippen LogP contribution in [-0.2, 0) is 6.42 Å². The van der Waals surface area contributed by atoms with Crippen LogP contribution in [0.25, 0.3) is 11.1 Å². The van der Waals surface area contributed by atoms with Gasteiger partial charge in [-0.05, 0) is 25.5 Å². The number of aromatic nitrogens is 2. The van der Waals surface area contributed by atoms with E-state index in [2.05, 4.69) is 4.98 Å². The van der Waals surface area contributed by atoms with Crippen molar-refractivity contribution >= 4 is 42.8 Å². The number of carbonyl (C=O) groups excluding carboxylic acids is 1. The van der Waals surface area contributed by atoms with Crippen LogP contribution in [0.4, 0.5) is 0 Å². The standard InChI is InChI=1S/C20H17BClN3O2S/c1-11(13-4-2-3-5-14(13)22)27-17-9-18(28-19(17)20(23)26)25-10-24-15-8-12(21)6-7-16(15)25/h2-7,9-12H,8H2,1H3,(H2,23,26)/t11-,12?/m1/s1. The van der Waals surface area contributed by atoms with E-state index >= 15 is 0 Å². The molecular formula is C20H17BClN3O2S. The summed E-state index contributed by atoms with van der Waals surface area (Å²) in [5.74, 6) is -0.140. The highest BCUT2D eigenvalue weighted by molar-refractivity contribution is 7.16. The van der Waals surface area contributed by atoms with Gasteiger partial charge >= 0.3 is 0 Å². The molecule has 0 saturated heterocycles. The van der Waals surface area contributed by atoms with Crippen molar-refractivity contribution < 1.29 is 9.53 Å². The highest BCUT2D eigenvalue weighted by atomic mass is 35.5. The number of primary amides is 1. The number of imidazole rings is 1. The van der Waals surface area contributed by atoms with Crippen LogP contribution >= 0.6 is 22.9 Å². The minimum atomic E-state index is -0.538. The Morgan fingerprint density at radius 3 is 3.00 bits per heavy atom. The summed E-state index contributed by atoms with van der Waals surface area (Å²) in [6, 6.07) is 9.26. The lowest BCUT2D eigenvalue weighted by Gasteiger charge is -2.16. The third-order valence-electron chi connectivity index (χ3n) is 4.61. The average Bonchev–Trinajstić information content (AvgIpc) is 3.25. The Morgan fingerprint density at radius 2 is 2.25 bits per heavy atom. The van der Waals surface area contributed by atoms with Crippen LogP contribution in [-0.4, -0.2) is 23.3 Å². The number of carbonyl (C=O) groups is 1. The van der Waals surface area contributed by atoms with Crippen LogP contribution in [0.1, 0.15) is 39.7 Å². The molecule has 0 aliphatic heterocycles. The summed E-state index contributed by atoms with van der Waals surface area (Å²) in [5.41, 5.74) is 8.30. The number of hydrogen-bond donors (Lipinski definition) is 1. The number of allylic oxidation sites excluding steroid dienone is 1. The zero-order chi connectivity index (χ0) is 19.8. The van der Waals surface area contributed by atoms with Crippen LogP contribution < -0.4 is 10.5 Å². The van der Waals surface area contributed by atoms with Crippen molar-refractivity contribution in [2.45, 2.75) is 25.3 Å². The molecule has 1 aromatic carbocycles. The molecule has 3 aromatic rings. The van der Waals surface area contributed by atoms with Crippen molar-refractivity contribution in [3.63, 3.8) is 0 Å². The summed E-state index contributed by atoms with van der Waals surface area (Å²) in [5, 5.41) is 1.40. The summed E-state index contributed by atoms with van der Waals surface area (Å²) in [6.45, 7) is 1.88. The zero-order valence-electron chi connectivity index (χ0n) is 15.1. The van der Waals surface area contributed by atoms with Gasteiger partial charge in [-0.2, -0.15) is 0 Å². The first-order chi connectivity index (χ1) is 13.4. The van der Waals surface area contributed by atoms with Crippen molar-refractivity contribution in [3.05, 3.63) is 69.6 Å². The number of amides is 1. The highest BCUT2D eigenvalue weighted by Gasteiger charge is 2.22. The first kappa shape index (κ1) is 18.8. The number of nitrogens with zero attached hydrogens (tertiary/aromatic N) is 2. The van der Waals surface area contributed by atoms with Gasteiger partial charge in [0.1, 0.15) is 28.1 Å². The molecule has 1 amide bonds. The fraction of sp³-hybridized carbons (Fsp3) is 0.200. The maximum absolute atomic E-state index is 12.0. The normalized spacial score (nSPS) is 16.6. The van der Waals surface area contributed by atoms with Crippen LogP contribution in [0.3, 0.4) is 0 Å². The minimum Gasteiger partial charge on any atom is -0.484 e. The van der Waals surface area contributed by atoms with Crippen molar-refractivity contribution in [1.29, 1.82) is 0 Å². The molecule has 1 unspecified atom stereocenters. The van der Waals surface area contributed by atoms with Gasteiger partial charge in [0.25, 0.3) is 5.91 Å². The fourth-order valence-corrected chi connectivity index (χ4v) is 4.43. The van der Waals surface area contributed by atoms with E-state index < -0.39 is 5.91 Å². The van der Waals surface area contributed by atoms with Gasteiger partial charge in [0, 0.05) is 16.7 Å². The van der Waals surface area contributed by atoms with Gasteiger partial charge in [-0.1, -0.05) is 41.7 Å². The predicted octanol–water partition coefficient (Wildman–Crippen LogP) is 4.35. The van der Waals surface area contributed by atoms with Gasteiger partial charge in [0.15, 0.2) is 0 Å². The highest BCUT2D eigenvalue weighted by Crippen LogP contribution is 2.37. The largest absolute Gasteiger partial charge is 0.484 e. The topological polar surface area (TPSA) is 70.1 Å². The molecule has 4 rings (SSSR count). The second-order valence-electron chi connectivity index (χ2n) is 6.60. The van der Waals surface area contributed by atoms with Gasteiger partial charge in [0.05, 0.1) is 19.2 Å². The van der Waals surface area contributed by atoms with Gasteiger partial charge in [-0.25, -0.2) is 4.98 Å². The molecule has 1 aliphatic rings. The van der Waals surface area contributed by atoms with Crippen molar-refractivity contribution in [2.24, 2.45) is 5.73 Å². The van der Waals surface area contributed by atoms with Crippen molar-refractivity contribution in [3.8, 4) is 10.8 Å². The molecule has 2 N–H and O–H groups in total. The van der Waals surface area contributed by atoms with E-state index in [-0.39, 0.29) is 11.9 Å².